The second kappa shape index (κ2) is 5.95. The molecule has 1 atom stereocenters. The van der Waals surface area contributed by atoms with Gasteiger partial charge in [-0.25, -0.2) is 0 Å². The van der Waals surface area contributed by atoms with Crippen LogP contribution in [0.2, 0.25) is 0 Å². The van der Waals surface area contributed by atoms with Gasteiger partial charge in [0.1, 0.15) is 5.60 Å². The molecule has 0 rings (SSSR count). The summed E-state index contributed by atoms with van der Waals surface area (Å²) in [5, 5.41) is 54.4. The molecular formula is C10H16O9. The van der Waals surface area contributed by atoms with Crippen LogP contribution in [0.1, 0.15) is 26.2 Å². The minimum absolute atomic E-state index is 0.784. The number of aliphatic hydroxyl groups is 3. The zero-order valence-electron chi connectivity index (χ0n) is 10.1. The SMILES string of the molecule is CC(O)(C(O)O)C(CC(=O)O)(CC(=O)O)CC(=O)O. The van der Waals surface area contributed by atoms with Crippen molar-refractivity contribution in [1.29, 1.82) is 0 Å². The molecule has 6 N–H and O–H groups in total. The number of rotatable bonds is 8. The Kier molecular flexibility index (Phi) is 5.42. The topological polar surface area (TPSA) is 173 Å². The Labute approximate surface area is 107 Å². The number of aliphatic hydroxyl groups excluding tert-OH is 1. The highest BCUT2D eigenvalue weighted by atomic mass is 16.5. The predicted molar refractivity (Wildman–Crippen MR) is 58.0 cm³/mol. The van der Waals surface area contributed by atoms with Crippen molar-refractivity contribution in [3.05, 3.63) is 0 Å². The van der Waals surface area contributed by atoms with E-state index in [1.54, 1.807) is 0 Å². The third kappa shape index (κ3) is 4.16. The molecule has 9 nitrogen and oxygen atoms in total. The summed E-state index contributed by atoms with van der Waals surface area (Å²) >= 11 is 0. The quantitative estimate of drug-likeness (QED) is 0.288. The molecule has 0 saturated carbocycles. The van der Waals surface area contributed by atoms with Crippen LogP contribution >= 0.6 is 0 Å². The van der Waals surface area contributed by atoms with E-state index in [2.05, 4.69) is 0 Å². The van der Waals surface area contributed by atoms with Gasteiger partial charge in [-0.1, -0.05) is 0 Å². The minimum Gasteiger partial charge on any atom is -0.481 e. The third-order valence-corrected chi connectivity index (χ3v) is 3.05. The summed E-state index contributed by atoms with van der Waals surface area (Å²) in [5.74, 6) is -4.70. The van der Waals surface area contributed by atoms with Crippen LogP contribution in [0.15, 0.2) is 0 Å². The van der Waals surface area contributed by atoms with Crippen molar-refractivity contribution in [3.8, 4) is 0 Å². The maximum Gasteiger partial charge on any atom is 0.304 e. The van der Waals surface area contributed by atoms with Crippen molar-refractivity contribution in [2.45, 2.75) is 38.1 Å². The van der Waals surface area contributed by atoms with E-state index in [9.17, 15) is 19.5 Å². The summed E-state index contributed by atoms with van der Waals surface area (Å²) in [6.45, 7) is 0.784. The smallest absolute Gasteiger partial charge is 0.304 e. The lowest BCUT2D eigenvalue weighted by molar-refractivity contribution is -0.236. The van der Waals surface area contributed by atoms with Gasteiger partial charge in [0, 0.05) is 5.41 Å². The number of carboxylic acid groups (broad SMARTS) is 3. The fourth-order valence-electron chi connectivity index (χ4n) is 1.87. The molecule has 0 saturated heterocycles. The molecule has 0 radical (unpaired) electrons. The predicted octanol–water partition coefficient (Wildman–Crippen LogP) is -1.54. The highest BCUT2D eigenvalue weighted by molar-refractivity contribution is 5.76. The van der Waals surface area contributed by atoms with Gasteiger partial charge in [0.25, 0.3) is 0 Å². The first-order valence-electron chi connectivity index (χ1n) is 5.18. The Hall–Kier alpha value is -1.71. The first-order valence-corrected chi connectivity index (χ1v) is 5.18. The van der Waals surface area contributed by atoms with E-state index < -0.39 is 54.5 Å². The Morgan fingerprint density at radius 1 is 0.895 bits per heavy atom. The van der Waals surface area contributed by atoms with E-state index in [1.807, 2.05) is 0 Å². The zero-order chi connectivity index (χ0) is 15.4. The van der Waals surface area contributed by atoms with Crippen molar-refractivity contribution in [2.75, 3.05) is 0 Å². The lowest BCUT2D eigenvalue weighted by Gasteiger charge is -2.43. The maximum atomic E-state index is 10.8. The molecule has 0 heterocycles. The summed E-state index contributed by atoms with van der Waals surface area (Å²) in [7, 11) is 0. The number of aliphatic carboxylic acids is 3. The largest absolute Gasteiger partial charge is 0.481 e. The Balaban J connectivity index is 5.78. The second-order valence-electron chi connectivity index (χ2n) is 4.51. The molecule has 0 spiro atoms. The van der Waals surface area contributed by atoms with E-state index >= 15 is 0 Å². The van der Waals surface area contributed by atoms with E-state index in [0.717, 1.165) is 6.92 Å². The molecule has 9 heteroatoms. The second-order valence-corrected chi connectivity index (χ2v) is 4.51. The van der Waals surface area contributed by atoms with E-state index in [0.29, 0.717) is 0 Å². The first-order chi connectivity index (χ1) is 8.44. The van der Waals surface area contributed by atoms with Crippen LogP contribution < -0.4 is 0 Å². The number of carboxylic acids is 3. The van der Waals surface area contributed by atoms with Crippen LogP contribution in [-0.4, -0.2) is 60.4 Å². The standard InChI is InChI=1S/C10H16O9/c1-9(19,8(17)18)10(2-5(11)12,3-6(13)14)4-7(15)16/h8,17-19H,2-4H2,1H3,(H,11,12)(H,13,14)(H,15,16). The van der Waals surface area contributed by atoms with E-state index in [1.165, 1.54) is 0 Å². The van der Waals surface area contributed by atoms with Gasteiger partial charge >= 0.3 is 17.9 Å². The van der Waals surface area contributed by atoms with Crippen LogP contribution in [0.5, 0.6) is 0 Å². The highest BCUT2D eigenvalue weighted by Crippen LogP contribution is 2.43. The number of hydrogen-bond donors (Lipinski definition) is 6. The molecule has 1 unspecified atom stereocenters. The molecule has 0 bridgehead atoms. The van der Waals surface area contributed by atoms with Gasteiger partial charge in [0.2, 0.25) is 0 Å². The van der Waals surface area contributed by atoms with Crippen LogP contribution in [0.4, 0.5) is 0 Å². The summed E-state index contributed by atoms with van der Waals surface area (Å²) in [6.07, 6.45) is -5.63. The number of carbonyl (C=O) groups is 3. The molecule has 0 amide bonds. The van der Waals surface area contributed by atoms with Crippen LogP contribution in [0.3, 0.4) is 0 Å². The number of hydrogen-bond acceptors (Lipinski definition) is 6. The highest BCUT2D eigenvalue weighted by Gasteiger charge is 2.54. The van der Waals surface area contributed by atoms with Crippen molar-refractivity contribution < 1.29 is 45.0 Å². The van der Waals surface area contributed by atoms with Gasteiger partial charge in [-0.2, -0.15) is 0 Å². The molecule has 0 aromatic heterocycles. The van der Waals surface area contributed by atoms with Gasteiger partial charge < -0.3 is 30.6 Å². The molecule has 0 aromatic carbocycles. The van der Waals surface area contributed by atoms with Crippen LogP contribution in [-0.2, 0) is 14.4 Å². The zero-order valence-corrected chi connectivity index (χ0v) is 10.1. The van der Waals surface area contributed by atoms with E-state index in [4.69, 9.17) is 25.5 Å². The molecule has 110 valence electrons. The van der Waals surface area contributed by atoms with E-state index in [-0.39, 0.29) is 0 Å². The van der Waals surface area contributed by atoms with Gasteiger partial charge in [0.05, 0.1) is 19.3 Å². The summed E-state index contributed by atoms with van der Waals surface area (Å²) in [5.41, 5.74) is -4.88. The fraction of sp³-hybridized carbons (Fsp3) is 0.700. The van der Waals surface area contributed by atoms with Crippen LogP contribution in [0, 0.1) is 5.41 Å². The Morgan fingerprint density at radius 2 is 1.16 bits per heavy atom. The molecular weight excluding hydrogens is 264 g/mol. The average Bonchev–Trinajstić information content (AvgIpc) is 2.12. The summed E-state index contributed by atoms with van der Waals surface area (Å²) < 4.78 is 0. The Morgan fingerprint density at radius 3 is 1.32 bits per heavy atom. The van der Waals surface area contributed by atoms with Crippen molar-refractivity contribution >= 4 is 17.9 Å². The molecule has 0 aliphatic carbocycles. The monoisotopic (exact) mass is 280 g/mol. The van der Waals surface area contributed by atoms with Crippen molar-refractivity contribution in [2.24, 2.45) is 5.41 Å². The molecule has 0 fully saturated rings. The molecule has 0 aromatic rings. The lowest BCUT2D eigenvalue weighted by Crippen LogP contribution is -2.56. The third-order valence-electron chi connectivity index (χ3n) is 3.05. The Bertz CT molecular complexity index is 330. The average molecular weight is 280 g/mol. The van der Waals surface area contributed by atoms with Crippen LogP contribution in [0.25, 0.3) is 0 Å². The van der Waals surface area contributed by atoms with Gasteiger partial charge in [0.15, 0.2) is 6.29 Å². The normalized spacial score (nSPS) is 15.0. The lowest BCUT2D eigenvalue weighted by atomic mass is 9.65. The maximum absolute atomic E-state index is 10.8. The van der Waals surface area contributed by atoms with Gasteiger partial charge in [-0.15, -0.1) is 0 Å². The first kappa shape index (κ1) is 17.3. The molecule has 0 aliphatic rings. The fourth-order valence-corrected chi connectivity index (χ4v) is 1.87. The minimum atomic E-state index is -2.62. The summed E-state index contributed by atoms with van der Waals surface area (Å²) in [6, 6.07) is 0. The summed E-state index contributed by atoms with van der Waals surface area (Å²) in [4.78, 5) is 32.4. The van der Waals surface area contributed by atoms with Crippen molar-refractivity contribution in [1.82, 2.24) is 0 Å². The van der Waals surface area contributed by atoms with Crippen molar-refractivity contribution in [3.63, 3.8) is 0 Å². The van der Waals surface area contributed by atoms with Gasteiger partial charge in [-0.05, 0) is 6.92 Å². The van der Waals surface area contributed by atoms with Gasteiger partial charge in [-0.3, -0.25) is 14.4 Å². The molecule has 19 heavy (non-hydrogen) atoms. The molecule has 0 aliphatic heterocycles.